The minimum atomic E-state index is -1.21. The van der Waals surface area contributed by atoms with Gasteiger partial charge in [0.05, 0.1) is 12.2 Å². The van der Waals surface area contributed by atoms with Gasteiger partial charge in [-0.1, -0.05) is 17.7 Å². The second-order valence-corrected chi connectivity index (χ2v) is 6.40. The third-order valence-corrected chi connectivity index (χ3v) is 4.34. The SMILES string of the molecule is Cc1c(F)c(F)cc(NC2=NCCN2C(=S)Nc2cccc(Cl)c2)c1F. The van der Waals surface area contributed by atoms with Crippen molar-refractivity contribution in [1.82, 2.24) is 4.90 Å². The van der Waals surface area contributed by atoms with Crippen LogP contribution in [0, 0.1) is 24.4 Å². The fourth-order valence-electron chi connectivity index (χ4n) is 2.45. The molecule has 4 nitrogen and oxygen atoms in total. The quantitative estimate of drug-likeness (QED) is 0.575. The number of halogens is 4. The Morgan fingerprint density at radius 1 is 1.23 bits per heavy atom. The molecule has 9 heteroatoms. The molecule has 26 heavy (non-hydrogen) atoms. The maximum Gasteiger partial charge on any atom is 0.205 e. The fourth-order valence-corrected chi connectivity index (χ4v) is 2.94. The van der Waals surface area contributed by atoms with Crippen molar-refractivity contribution in [3.8, 4) is 0 Å². The van der Waals surface area contributed by atoms with Gasteiger partial charge in [-0.05, 0) is 37.3 Å². The summed E-state index contributed by atoms with van der Waals surface area (Å²) < 4.78 is 41.2. The van der Waals surface area contributed by atoms with Gasteiger partial charge in [0, 0.05) is 28.9 Å². The Hall–Kier alpha value is -2.32. The lowest BCUT2D eigenvalue weighted by atomic mass is 10.2. The molecule has 2 aromatic rings. The van der Waals surface area contributed by atoms with Gasteiger partial charge < -0.3 is 10.6 Å². The van der Waals surface area contributed by atoms with Gasteiger partial charge in [-0.3, -0.25) is 9.89 Å². The van der Waals surface area contributed by atoms with Crippen LogP contribution in [-0.4, -0.2) is 29.1 Å². The molecule has 3 rings (SSSR count). The Morgan fingerprint density at radius 3 is 2.73 bits per heavy atom. The first-order chi connectivity index (χ1) is 12.4. The maximum atomic E-state index is 14.2. The average molecular weight is 399 g/mol. The van der Waals surface area contributed by atoms with Crippen molar-refractivity contribution in [1.29, 1.82) is 0 Å². The van der Waals surface area contributed by atoms with Crippen LogP contribution >= 0.6 is 23.8 Å². The highest BCUT2D eigenvalue weighted by Crippen LogP contribution is 2.24. The third-order valence-electron chi connectivity index (χ3n) is 3.78. The number of benzene rings is 2. The van der Waals surface area contributed by atoms with Crippen molar-refractivity contribution in [2.24, 2.45) is 4.99 Å². The van der Waals surface area contributed by atoms with Crippen LogP contribution in [0.4, 0.5) is 24.5 Å². The number of rotatable bonds is 2. The van der Waals surface area contributed by atoms with Crippen LogP contribution < -0.4 is 10.6 Å². The van der Waals surface area contributed by atoms with E-state index in [9.17, 15) is 13.2 Å². The monoisotopic (exact) mass is 398 g/mol. The topological polar surface area (TPSA) is 39.7 Å². The summed E-state index contributed by atoms with van der Waals surface area (Å²) in [7, 11) is 0. The number of hydrogen-bond acceptors (Lipinski definition) is 3. The van der Waals surface area contributed by atoms with Gasteiger partial charge in [0.15, 0.2) is 22.6 Å². The number of nitrogens with zero attached hydrogens (tertiary/aromatic N) is 2. The van der Waals surface area contributed by atoms with Crippen molar-refractivity contribution in [3.05, 3.63) is 58.4 Å². The van der Waals surface area contributed by atoms with Gasteiger partial charge >= 0.3 is 0 Å². The molecule has 0 amide bonds. The predicted octanol–water partition coefficient (Wildman–Crippen LogP) is 4.55. The van der Waals surface area contributed by atoms with Crippen molar-refractivity contribution >= 4 is 46.3 Å². The number of nitrogens with one attached hydrogen (secondary N) is 2. The Morgan fingerprint density at radius 2 is 2.00 bits per heavy atom. The minimum absolute atomic E-state index is 0.211. The number of anilines is 2. The molecule has 1 aliphatic heterocycles. The molecule has 0 aliphatic carbocycles. The molecular formula is C17H14ClF3N4S. The molecule has 0 unspecified atom stereocenters. The highest BCUT2D eigenvalue weighted by molar-refractivity contribution is 7.80. The van der Waals surface area contributed by atoms with Gasteiger partial charge in [0.1, 0.15) is 0 Å². The van der Waals surface area contributed by atoms with Crippen LogP contribution in [0.2, 0.25) is 5.02 Å². The van der Waals surface area contributed by atoms with E-state index in [0.29, 0.717) is 28.9 Å². The zero-order valence-corrected chi connectivity index (χ0v) is 15.2. The first-order valence-electron chi connectivity index (χ1n) is 7.66. The Labute approximate surface area is 158 Å². The Kier molecular flexibility index (Phi) is 5.33. The van der Waals surface area contributed by atoms with Crippen LogP contribution in [0.15, 0.2) is 35.3 Å². The first kappa shape index (κ1) is 18.5. The highest BCUT2D eigenvalue weighted by atomic mass is 35.5. The largest absolute Gasteiger partial charge is 0.332 e. The third kappa shape index (κ3) is 3.76. The predicted molar refractivity (Wildman–Crippen MR) is 101 cm³/mol. The highest BCUT2D eigenvalue weighted by Gasteiger charge is 2.24. The van der Waals surface area contributed by atoms with Crippen molar-refractivity contribution in [3.63, 3.8) is 0 Å². The lowest BCUT2D eigenvalue weighted by Gasteiger charge is -2.23. The lowest BCUT2D eigenvalue weighted by molar-refractivity contribution is 0.488. The Balaban J connectivity index is 1.78. The van der Waals surface area contributed by atoms with Crippen molar-refractivity contribution < 1.29 is 13.2 Å². The van der Waals surface area contributed by atoms with Gasteiger partial charge in [-0.15, -0.1) is 0 Å². The normalized spacial score (nSPS) is 13.6. The van der Waals surface area contributed by atoms with E-state index in [1.807, 2.05) is 0 Å². The molecule has 136 valence electrons. The summed E-state index contributed by atoms with van der Waals surface area (Å²) in [5.74, 6) is -2.99. The van der Waals surface area contributed by atoms with Crippen molar-refractivity contribution in [2.75, 3.05) is 23.7 Å². The summed E-state index contributed by atoms with van der Waals surface area (Å²) in [6.07, 6.45) is 0. The molecule has 2 aromatic carbocycles. The average Bonchev–Trinajstić information content (AvgIpc) is 3.06. The molecule has 0 radical (unpaired) electrons. The minimum Gasteiger partial charge on any atom is -0.332 e. The first-order valence-corrected chi connectivity index (χ1v) is 8.45. The maximum absolute atomic E-state index is 14.2. The number of aliphatic imine (C=N–C) groups is 1. The van der Waals surface area contributed by atoms with Gasteiger partial charge in [-0.2, -0.15) is 0 Å². The van der Waals surface area contributed by atoms with Crippen molar-refractivity contribution in [2.45, 2.75) is 6.92 Å². The Bertz CT molecular complexity index is 904. The molecule has 0 spiro atoms. The fraction of sp³-hybridized carbons (Fsp3) is 0.176. The molecule has 1 heterocycles. The summed E-state index contributed by atoms with van der Waals surface area (Å²) in [6.45, 7) is 2.04. The second kappa shape index (κ2) is 7.51. The van der Waals surface area contributed by atoms with E-state index in [-0.39, 0.29) is 11.6 Å². The van der Waals surface area contributed by atoms with Gasteiger partial charge in [0.25, 0.3) is 0 Å². The molecule has 0 atom stereocenters. The van der Waals surface area contributed by atoms with Crippen LogP contribution in [0.3, 0.4) is 0 Å². The van der Waals surface area contributed by atoms with E-state index in [0.717, 1.165) is 6.07 Å². The summed E-state index contributed by atoms with van der Waals surface area (Å²) in [5.41, 5.74) is 0.0680. The number of hydrogen-bond donors (Lipinski definition) is 2. The molecular weight excluding hydrogens is 385 g/mol. The van der Waals surface area contributed by atoms with Gasteiger partial charge in [0.2, 0.25) is 5.96 Å². The van der Waals surface area contributed by atoms with Crippen LogP contribution in [0.25, 0.3) is 0 Å². The van der Waals surface area contributed by atoms with Gasteiger partial charge in [-0.25, -0.2) is 13.2 Å². The molecule has 1 aliphatic rings. The van der Waals surface area contributed by atoms with Crippen LogP contribution in [-0.2, 0) is 0 Å². The second-order valence-electron chi connectivity index (χ2n) is 5.58. The molecule has 0 bridgehead atoms. The number of thiocarbonyl (C=S) groups is 1. The summed E-state index contributed by atoms with van der Waals surface area (Å²) in [4.78, 5) is 5.81. The summed E-state index contributed by atoms with van der Waals surface area (Å²) in [6, 6.07) is 7.74. The van der Waals surface area contributed by atoms with E-state index < -0.39 is 23.0 Å². The number of guanidine groups is 1. The standard InChI is InChI=1S/C17H14ClF3N4S/c1-9-14(20)12(19)8-13(15(9)21)24-16-22-5-6-25(16)17(26)23-11-4-2-3-10(18)7-11/h2-4,7-8H,5-6H2,1H3,(H,22,24)(H,23,26). The zero-order chi connectivity index (χ0) is 18.8. The smallest absolute Gasteiger partial charge is 0.205 e. The van der Waals surface area contributed by atoms with E-state index in [1.165, 1.54) is 6.92 Å². The molecule has 0 fully saturated rings. The van der Waals surface area contributed by atoms with E-state index in [4.69, 9.17) is 23.8 Å². The van der Waals surface area contributed by atoms with E-state index in [2.05, 4.69) is 15.6 Å². The molecule has 0 aromatic heterocycles. The van der Waals surface area contributed by atoms with Crippen LogP contribution in [0.1, 0.15) is 5.56 Å². The molecule has 2 N–H and O–H groups in total. The molecule has 0 saturated carbocycles. The zero-order valence-electron chi connectivity index (χ0n) is 13.6. The summed E-state index contributed by atoms with van der Waals surface area (Å²) in [5, 5.41) is 6.56. The lowest BCUT2D eigenvalue weighted by Crippen LogP contribution is -2.41. The summed E-state index contributed by atoms with van der Waals surface area (Å²) >= 11 is 11.3. The molecule has 0 saturated heterocycles. The van der Waals surface area contributed by atoms with Crippen LogP contribution in [0.5, 0.6) is 0 Å². The van der Waals surface area contributed by atoms with E-state index in [1.54, 1.807) is 29.2 Å². The van der Waals surface area contributed by atoms with E-state index >= 15 is 0 Å².